The second-order valence-corrected chi connectivity index (χ2v) is 34.2. The van der Waals surface area contributed by atoms with E-state index in [2.05, 4.69) is 66.2 Å². The zero-order valence-corrected chi connectivity index (χ0v) is 69.8. The minimum absolute atomic E-state index is 0.00262. The molecule has 3 N–H and O–H groups in total. The lowest BCUT2D eigenvalue weighted by atomic mass is 9.85. The third-order valence-electron chi connectivity index (χ3n) is 26.2. The summed E-state index contributed by atoms with van der Waals surface area (Å²) < 4.78 is 15.7. The summed E-state index contributed by atoms with van der Waals surface area (Å²) in [6.45, 7) is 11.4. The first-order valence-corrected chi connectivity index (χ1v) is 43.0. The van der Waals surface area contributed by atoms with Crippen LogP contribution in [0.3, 0.4) is 0 Å². The third-order valence-corrected chi connectivity index (χ3v) is 26.2. The topological polar surface area (TPSA) is 298 Å². The van der Waals surface area contributed by atoms with Gasteiger partial charge in [-0.05, 0) is 190 Å². The highest BCUT2D eigenvalue weighted by atomic mass is 16.5. The standard InChI is InChI=1S/2C33H36N4O5.C30H30N4O5/c1-42-27-10-9-25-21-37(31(40)28(25)19-27)22-33(20-29(38)34-32(33)41)14-11-23-5-7-24(8-6-23)30(39)36-17-12-26(13-18-36)35-15-3-2-4-16-35;1-42-27-12-11-25-21-37(31(40)28(25)19-27)22-33(20-29(38)34-32(33)41)14-13-23-7-9-24(10-8-23)30(39)36-17-15-35(16-18-36)26-5-3-2-4-6-26;1-39-24-9-6-22-18-34(28(37)25(22)16-24)19-30(17-26(35)31-29(30)38)11-10-20-2-4-21(5-3-20)27(36)33-14-12-32(13-15-33)23-7-8-23/h5-10,19,26H,2-4,12-13,15-18,20-22H2,1H3,(H,34,38,41);7-12,19,26H,2-6,15-18,20-22H2,1H3,(H,34,38,41);2-6,9,16,23H,7-8,12-15,17-19H2,1H3,(H,31,35,38)/t2*33-;30-/m111/s1. The number of carbonyl (C=O) groups excluding carboxylic acids is 12. The number of piperazine rings is 2. The molecule has 0 spiro atoms. The second kappa shape index (κ2) is 36.3. The molecule has 2 saturated carbocycles. The maximum atomic E-state index is 13.2. The molecule has 0 aromatic heterocycles. The molecule has 123 heavy (non-hydrogen) atoms. The summed E-state index contributed by atoms with van der Waals surface area (Å²) in [5, 5.41) is 7.08. The average molecular weight is 1660 g/mol. The van der Waals surface area contributed by atoms with Crippen molar-refractivity contribution in [1.82, 2.24) is 60.0 Å². The number of piperidine rings is 2. The smallest absolute Gasteiger partial charge is 0.254 e. The summed E-state index contributed by atoms with van der Waals surface area (Å²) >= 11 is 0. The van der Waals surface area contributed by atoms with Crippen molar-refractivity contribution in [3.8, 4) is 52.8 Å². The first-order valence-electron chi connectivity index (χ1n) is 43.0. The monoisotopic (exact) mass is 1660 g/mol. The molecular formula is C96H102N12O15. The molecule has 3 atom stereocenters. The molecular weight excluding hydrogens is 1560 g/mol. The van der Waals surface area contributed by atoms with Gasteiger partial charge in [0, 0.05) is 173 Å². The maximum Gasteiger partial charge on any atom is 0.254 e. The fraction of sp³-hybridized carbons (Fsp3) is 0.438. The quantitative estimate of drug-likeness (QED) is 0.0670. The van der Waals surface area contributed by atoms with Crippen molar-refractivity contribution in [2.24, 2.45) is 16.2 Å². The molecule has 10 aliphatic heterocycles. The SMILES string of the molecule is COc1ccc2c(c1)C(=O)N(C[C@@]1(C#Cc3ccc(C(=O)N4CCC(N5CCCCC5)CC4)cc3)CC(=O)NC1=O)C2.COc1ccc2c(c1)C(=O)N(C[C@@]1(C#Cc3ccc(C(=O)N4CCN(C5CC5)CC4)cc3)CC(=O)NC1=O)C2.COc1ccc2c(c1)C(=O)N(C[C@@]1(C#Cc3ccc(C(=O)N4CCN(C5CCCCC5)CC4)cc3)CC(=O)NC1=O)C2. The third kappa shape index (κ3) is 18.5. The Morgan fingerprint density at radius 2 is 0.634 bits per heavy atom. The molecule has 6 aromatic rings. The summed E-state index contributed by atoms with van der Waals surface area (Å²) in [4.78, 5) is 172. The van der Waals surface area contributed by atoms with Gasteiger partial charge in [-0.25, -0.2) is 0 Å². The number of rotatable bonds is 15. The molecule has 27 nitrogen and oxygen atoms in total. The minimum Gasteiger partial charge on any atom is -0.497 e. The Kier molecular flexibility index (Phi) is 24.8. The fourth-order valence-corrected chi connectivity index (χ4v) is 18.9. The molecule has 2 aliphatic carbocycles. The molecule has 9 fully saturated rings. The minimum atomic E-state index is -1.36. The Morgan fingerprint density at radius 1 is 0.341 bits per heavy atom. The Bertz CT molecular complexity index is 5160. The van der Waals surface area contributed by atoms with Crippen LogP contribution in [-0.2, 0) is 48.4 Å². The summed E-state index contributed by atoms with van der Waals surface area (Å²) in [5.74, 6) is 16.6. The summed E-state index contributed by atoms with van der Waals surface area (Å²) in [6.07, 6.45) is 14.6. The van der Waals surface area contributed by atoms with Crippen molar-refractivity contribution in [3.63, 3.8) is 0 Å². The van der Waals surface area contributed by atoms with Gasteiger partial charge in [-0.1, -0.05) is 79.4 Å². The van der Waals surface area contributed by atoms with Crippen molar-refractivity contribution < 1.29 is 71.7 Å². The summed E-state index contributed by atoms with van der Waals surface area (Å²) in [7, 11) is 4.62. The summed E-state index contributed by atoms with van der Waals surface area (Å²) in [6, 6.07) is 39.1. The molecule has 0 radical (unpaired) electrons. The van der Waals surface area contributed by atoms with Gasteiger partial charge in [-0.2, -0.15) is 0 Å². The van der Waals surface area contributed by atoms with Gasteiger partial charge < -0.3 is 48.5 Å². The number of ether oxygens (including phenoxy) is 3. The lowest BCUT2D eigenvalue weighted by molar-refractivity contribution is -0.128. The molecule has 0 unspecified atom stereocenters. The van der Waals surface area contributed by atoms with E-state index in [1.54, 1.807) is 138 Å². The van der Waals surface area contributed by atoms with E-state index in [9.17, 15) is 57.5 Å². The van der Waals surface area contributed by atoms with Crippen LogP contribution in [0.2, 0.25) is 0 Å². The predicted octanol–water partition coefficient (Wildman–Crippen LogP) is 7.31. The Labute approximate surface area is 715 Å². The molecule has 636 valence electrons. The van der Waals surface area contributed by atoms with Crippen LogP contribution in [-0.4, -0.2) is 253 Å². The Morgan fingerprint density at radius 3 is 0.935 bits per heavy atom. The maximum absolute atomic E-state index is 13.2. The lowest BCUT2D eigenvalue weighted by Crippen LogP contribution is -2.52. The number of hydrogen-bond donors (Lipinski definition) is 3. The second-order valence-electron chi connectivity index (χ2n) is 34.2. The molecule has 7 saturated heterocycles. The lowest BCUT2D eigenvalue weighted by Gasteiger charge is -2.40. The number of hydrogen-bond acceptors (Lipinski definition) is 18. The van der Waals surface area contributed by atoms with Gasteiger partial charge in [-0.3, -0.25) is 83.3 Å². The highest BCUT2D eigenvalue weighted by molar-refractivity contribution is 6.11. The van der Waals surface area contributed by atoms with E-state index in [1.807, 2.05) is 32.9 Å². The summed E-state index contributed by atoms with van der Waals surface area (Å²) in [5.41, 5.74) is 3.71. The highest BCUT2D eigenvalue weighted by Crippen LogP contribution is 2.39. The van der Waals surface area contributed by atoms with E-state index in [-0.39, 0.29) is 74.3 Å². The van der Waals surface area contributed by atoms with Gasteiger partial charge >= 0.3 is 0 Å². The zero-order chi connectivity index (χ0) is 85.7. The first-order chi connectivity index (χ1) is 59.5. The number of carbonyl (C=O) groups is 12. The molecule has 12 aliphatic rings. The van der Waals surface area contributed by atoms with Crippen molar-refractivity contribution >= 4 is 70.9 Å². The van der Waals surface area contributed by atoms with E-state index >= 15 is 0 Å². The number of benzene rings is 6. The molecule has 27 heteroatoms. The van der Waals surface area contributed by atoms with Gasteiger partial charge in [-0.15, -0.1) is 0 Å². The number of nitrogens with zero attached hydrogens (tertiary/aromatic N) is 9. The molecule has 18 rings (SSSR count). The fourth-order valence-electron chi connectivity index (χ4n) is 18.9. The number of amides is 12. The zero-order valence-electron chi connectivity index (χ0n) is 69.8. The van der Waals surface area contributed by atoms with Crippen LogP contribution in [0, 0.1) is 51.8 Å². The van der Waals surface area contributed by atoms with E-state index < -0.39 is 51.7 Å². The molecule has 10 heterocycles. The van der Waals surface area contributed by atoms with E-state index in [1.165, 1.54) is 84.4 Å². The van der Waals surface area contributed by atoms with Gasteiger partial charge in [0.25, 0.3) is 35.4 Å². The van der Waals surface area contributed by atoms with Crippen LogP contribution in [0.15, 0.2) is 127 Å². The Hall–Kier alpha value is -12.5. The van der Waals surface area contributed by atoms with Crippen LogP contribution in [0.1, 0.15) is 192 Å². The first kappa shape index (κ1) is 84.1. The normalized spacial score (nSPS) is 22.9. The largest absolute Gasteiger partial charge is 0.497 e. The van der Waals surface area contributed by atoms with E-state index in [0.29, 0.717) is 105 Å². The van der Waals surface area contributed by atoms with Gasteiger partial charge in [0.1, 0.15) is 33.5 Å². The van der Waals surface area contributed by atoms with Crippen LogP contribution in [0.25, 0.3) is 0 Å². The van der Waals surface area contributed by atoms with Crippen molar-refractivity contribution in [2.45, 2.75) is 134 Å². The van der Waals surface area contributed by atoms with Crippen LogP contribution >= 0.6 is 0 Å². The van der Waals surface area contributed by atoms with E-state index in [4.69, 9.17) is 14.2 Å². The number of imide groups is 3. The van der Waals surface area contributed by atoms with Crippen molar-refractivity contribution in [3.05, 3.63) is 194 Å². The van der Waals surface area contributed by atoms with Gasteiger partial charge in [0.05, 0.1) is 40.6 Å². The molecule has 6 aromatic carbocycles. The number of methoxy groups -OCH3 is 3. The van der Waals surface area contributed by atoms with Crippen LogP contribution in [0.5, 0.6) is 17.2 Å². The average Bonchev–Trinajstić information content (AvgIpc) is 1.63. The number of nitrogens with one attached hydrogen (secondary N) is 3. The van der Waals surface area contributed by atoms with Crippen molar-refractivity contribution in [2.75, 3.05) is 120 Å². The Balaban J connectivity index is 0.000000137. The number of fused-ring (bicyclic) bond motifs is 3. The van der Waals surface area contributed by atoms with Gasteiger partial charge in [0.15, 0.2) is 0 Å². The van der Waals surface area contributed by atoms with Crippen molar-refractivity contribution in [1.29, 1.82) is 0 Å². The van der Waals surface area contributed by atoms with E-state index in [0.717, 1.165) is 95.0 Å². The molecule has 0 bridgehead atoms. The predicted molar refractivity (Wildman–Crippen MR) is 453 cm³/mol. The van der Waals surface area contributed by atoms with Crippen LogP contribution < -0.4 is 30.2 Å². The van der Waals surface area contributed by atoms with Gasteiger partial charge in [0.2, 0.25) is 35.4 Å². The molecule has 12 amide bonds. The van der Waals surface area contributed by atoms with Crippen LogP contribution in [0.4, 0.5) is 0 Å². The highest BCUT2D eigenvalue weighted by Gasteiger charge is 2.52. The number of likely N-dealkylation sites (tertiary alicyclic amines) is 2.